The standard InChI is InChI=1S/C16H35N3/c1-6-13-11-9-10-12-14(13)15(18-17)16(7-2,8-3)19(4)5/h13-15,18H,6-12,17H2,1-5H3. The molecule has 3 unspecified atom stereocenters. The van der Waals surface area contributed by atoms with Gasteiger partial charge in [-0.25, -0.2) is 0 Å². The normalized spacial score (nSPS) is 26.7. The fourth-order valence-corrected chi connectivity index (χ4v) is 4.46. The quantitative estimate of drug-likeness (QED) is 0.551. The summed E-state index contributed by atoms with van der Waals surface area (Å²) in [6.07, 6.45) is 9.09. The Hall–Kier alpha value is -0.120. The first kappa shape index (κ1) is 16.9. The molecule has 3 heteroatoms. The minimum absolute atomic E-state index is 0.185. The molecule has 0 radical (unpaired) electrons. The van der Waals surface area contributed by atoms with E-state index in [0.29, 0.717) is 6.04 Å². The van der Waals surface area contributed by atoms with E-state index in [2.05, 4.69) is 45.2 Å². The molecule has 1 aliphatic carbocycles. The first-order valence-corrected chi connectivity index (χ1v) is 8.20. The molecule has 1 rings (SSSR count). The number of nitrogens with one attached hydrogen (secondary N) is 1. The number of hydrogen-bond acceptors (Lipinski definition) is 3. The molecule has 1 saturated carbocycles. The summed E-state index contributed by atoms with van der Waals surface area (Å²) in [7, 11) is 4.42. The van der Waals surface area contributed by atoms with Crippen LogP contribution in [0.25, 0.3) is 0 Å². The van der Waals surface area contributed by atoms with Gasteiger partial charge in [-0.1, -0.05) is 46.5 Å². The molecule has 0 bridgehead atoms. The van der Waals surface area contributed by atoms with Crippen molar-refractivity contribution in [3.05, 3.63) is 0 Å². The smallest absolute Gasteiger partial charge is 0.0425 e. The van der Waals surface area contributed by atoms with Crippen LogP contribution in [0, 0.1) is 11.8 Å². The van der Waals surface area contributed by atoms with E-state index in [1.165, 1.54) is 32.1 Å². The Morgan fingerprint density at radius 1 is 1.16 bits per heavy atom. The van der Waals surface area contributed by atoms with Crippen molar-refractivity contribution in [2.75, 3.05) is 14.1 Å². The third-order valence-corrected chi connectivity index (χ3v) is 5.79. The highest BCUT2D eigenvalue weighted by Gasteiger charge is 2.44. The summed E-state index contributed by atoms with van der Waals surface area (Å²) in [6, 6.07) is 0.405. The zero-order valence-electron chi connectivity index (χ0n) is 13.7. The van der Waals surface area contributed by atoms with Crippen molar-refractivity contribution >= 4 is 0 Å². The molecular formula is C16H35N3. The molecule has 0 aromatic carbocycles. The van der Waals surface area contributed by atoms with Gasteiger partial charge in [-0.3, -0.25) is 11.3 Å². The molecule has 0 saturated heterocycles. The predicted molar refractivity (Wildman–Crippen MR) is 83.9 cm³/mol. The Kier molecular flexibility index (Phi) is 6.78. The number of nitrogens with two attached hydrogens (primary N) is 1. The lowest BCUT2D eigenvalue weighted by Gasteiger charge is -2.50. The van der Waals surface area contributed by atoms with Crippen molar-refractivity contribution in [2.45, 2.75) is 77.3 Å². The SMILES string of the molecule is CCC1CCCCC1C(NN)C(CC)(CC)N(C)C. The van der Waals surface area contributed by atoms with Crippen LogP contribution in [0.2, 0.25) is 0 Å². The second-order valence-corrected chi connectivity index (χ2v) is 6.47. The van der Waals surface area contributed by atoms with Gasteiger partial charge >= 0.3 is 0 Å². The van der Waals surface area contributed by atoms with Crippen molar-refractivity contribution in [3.63, 3.8) is 0 Å². The van der Waals surface area contributed by atoms with E-state index in [0.717, 1.165) is 24.7 Å². The van der Waals surface area contributed by atoms with E-state index in [-0.39, 0.29) is 5.54 Å². The van der Waals surface area contributed by atoms with Crippen molar-refractivity contribution in [1.82, 2.24) is 10.3 Å². The van der Waals surface area contributed by atoms with Crippen LogP contribution >= 0.6 is 0 Å². The predicted octanol–water partition coefficient (Wildman–Crippen LogP) is 3.16. The Morgan fingerprint density at radius 3 is 2.16 bits per heavy atom. The van der Waals surface area contributed by atoms with Crippen LogP contribution in [0.15, 0.2) is 0 Å². The largest absolute Gasteiger partial charge is 0.302 e. The van der Waals surface area contributed by atoms with Crippen LogP contribution in [-0.2, 0) is 0 Å². The maximum atomic E-state index is 6.02. The van der Waals surface area contributed by atoms with Gasteiger partial charge in [-0.05, 0) is 45.2 Å². The van der Waals surface area contributed by atoms with Crippen molar-refractivity contribution in [3.8, 4) is 0 Å². The van der Waals surface area contributed by atoms with Gasteiger partial charge in [0.2, 0.25) is 0 Å². The Morgan fingerprint density at radius 2 is 1.74 bits per heavy atom. The molecule has 0 spiro atoms. The summed E-state index contributed by atoms with van der Waals surface area (Å²) in [5.41, 5.74) is 3.40. The zero-order chi connectivity index (χ0) is 14.5. The van der Waals surface area contributed by atoms with Gasteiger partial charge in [0.15, 0.2) is 0 Å². The maximum absolute atomic E-state index is 6.02. The Balaban J connectivity index is 3.01. The highest BCUT2D eigenvalue weighted by Crippen LogP contribution is 2.40. The molecule has 3 nitrogen and oxygen atoms in total. The van der Waals surface area contributed by atoms with Gasteiger partial charge in [0.05, 0.1) is 0 Å². The molecule has 114 valence electrons. The van der Waals surface area contributed by atoms with Crippen LogP contribution in [0.5, 0.6) is 0 Å². The molecule has 0 aromatic heterocycles. The number of rotatable bonds is 7. The second-order valence-electron chi connectivity index (χ2n) is 6.47. The fraction of sp³-hybridized carbons (Fsp3) is 1.00. The van der Waals surface area contributed by atoms with Gasteiger partial charge in [0.25, 0.3) is 0 Å². The average molecular weight is 269 g/mol. The van der Waals surface area contributed by atoms with Gasteiger partial charge in [0, 0.05) is 11.6 Å². The molecule has 1 aliphatic rings. The lowest BCUT2D eigenvalue weighted by molar-refractivity contribution is 0.0273. The minimum Gasteiger partial charge on any atom is -0.302 e. The third kappa shape index (κ3) is 3.32. The van der Waals surface area contributed by atoms with E-state index >= 15 is 0 Å². The highest BCUT2D eigenvalue weighted by molar-refractivity contribution is 5.01. The van der Waals surface area contributed by atoms with Crippen molar-refractivity contribution in [1.29, 1.82) is 0 Å². The first-order valence-electron chi connectivity index (χ1n) is 8.20. The van der Waals surface area contributed by atoms with Gasteiger partial charge in [-0.15, -0.1) is 0 Å². The lowest BCUT2D eigenvalue weighted by Crippen LogP contribution is -2.64. The van der Waals surface area contributed by atoms with Crippen LogP contribution < -0.4 is 11.3 Å². The topological polar surface area (TPSA) is 41.3 Å². The Labute approximate surface area is 120 Å². The number of hydrazine groups is 1. The highest BCUT2D eigenvalue weighted by atomic mass is 15.3. The van der Waals surface area contributed by atoms with Crippen LogP contribution in [0.4, 0.5) is 0 Å². The lowest BCUT2D eigenvalue weighted by atomic mass is 9.67. The molecule has 3 N–H and O–H groups in total. The number of likely N-dealkylation sites (N-methyl/N-ethyl adjacent to an activating group) is 1. The van der Waals surface area contributed by atoms with E-state index in [1.54, 1.807) is 0 Å². The molecular weight excluding hydrogens is 234 g/mol. The van der Waals surface area contributed by atoms with Gasteiger partial charge < -0.3 is 4.90 Å². The van der Waals surface area contributed by atoms with Crippen molar-refractivity contribution in [2.24, 2.45) is 17.7 Å². The monoisotopic (exact) mass is 269 g/mol. The molecule has 0 aliphatic heterocycles. The van der Waals surface area contributed by atoms with E-state index in [9.17, 15) is 0 Å². The molecule has 0 heterocycles. The number of hydrogen-bond donors (Lipinski definition) is 2. The first-order chi connectivity index (χ1) is 9.07. The summed E-state index contributed by atoms with van der Waals surface area (Å²) >= 11 is 0. The maximum Gasteiger partial charge on any atom is 0.0425 e. The molecule has 0 aromatic rings. The van der Waals surface area contributed by atoms with Crippen LogP contribution in [0.3, 0.4) is 0 Å². The molecule has 3 atom stereocenters. The van der Waals surface area contributed by atoms with Crippen LogP contribution in [0.1, 0.15) is 65.7 Å². The molecule has 19 heavy (non-hydrogen) atoms. The fourth-order valence-electron chi connectivity index (χ4n) is 4.46. The summed E-state index contributed by atoms with van der Waals surface area (Å²) in [4.78, 5) is 2.40. The summed E-state index contributed by atoms with van der Waals surface area (Å²) in [5, 5.41) is 0. The summed E-state index contributed by atoms with van der Waals surface area (Å²) in [5.74, 6) is 7.59. The summed E-state index contributed by atoms with van der Waals surface area (Å²) < 4.78 is 0. The van der Waals surface area contributed by atoms with Gasteiger partial charge in [0.1, 0.15) is 0 Å². The van der Waals surface area contributed by atoms with E-state index in [4.69, 9.17) is 5.84 Å². The van der Waals surface area contributed by atoms with E-state index < -0.39 is 0 Å². The van der Waals surface area contributed by atoms with E-state index in [1.807, 2.05) is 0 Å². The average Bonchev–Trinajstić information content (AvgIpc) is 2.44. The zero-order valence-corrected chi connectivity index (χ0v) is 13.7. The summed E-state index contributed by atoms with van der Waals surface area (Å²) in [6.45, 7) is 6.95. The molecule has 0 amide bonds. The van der Waals surface area contributed by atoms with Gasteiger partial charge in [-0.2, -0.15) is 0 Å². The minimum atomic E-state index is 0.185. The Bertz CT molecular complexity index is 248. The third-order valence-electron chi connectivity index (χ3n) is 5.79. The second kappa shape index (κ2) is 7.61. The van der Waals surface area contributed by atoms with Crippen LogP contribution in [-0.4, -0.2) is 30.6 Å². The number of nitrogens with zero attached hydrogens (tertiary/aromatic N) is 1. The molecule has 1 fully saturated rings. The van der Waals surface area contributed by atoms with Crippen molar-refractivity contribution < 1.29 is 0 Å².